The molecule has 0 spiro atoms. The lowest BCUT2D eigenvalue weighted by molar-refractivity contribution is 0.393. The van der Waals surface area contributed by atoms with Gasteiger partial charge in [0.1, 0.15) is 5.76 Å². The summed E-state index contributed by atoms with van der Waals surface area (Å²) in [4.78, 5) is 4.41. The molecule has 124 valence electrons. The fraction of sp³-hybridized carbons (Fsp3) is 0.263. The maximum Gasteiger partial charge on any atom is 0.237 e. The van der Waals surface area contributed by atoms with E-state index in [4.69, 9.17) is 9.26 Å². The van der Waals surface area contributed by atoms with Gasteiger partial charge in [0.25, 0.3) is 0 Å². The second kappa shape index (κ2) is 6.74. The van der Waals surface area contributed by atoms with Gasteiger partial charge < -0.3 is 14.6 Å². The Labute approximate surface area is 141 Å². The molecule has 0 aliphatic carbocycles. The van der Waals surface area contributed by atoms with Crippen molar-refractivity contribution in [2.75, 3.05) is 12.4 Å². The van der Waals surface area contributed by atoms with Crippen LogP contribution in [-0.2, 0) is 6.54 Å². The zero-order chi connectivity index (χ0) is 17.1. The van der Waals surface area contributed by atoms with Crippen molar-refractivity contribution in [3.8, 4) is 17.0 Å². The molecule has 0 aliphatic heterocycles. The number of aryl methyl sites for hydroxylation is 3. The Morgan fingerprint density at radius 2 is 1.88 bits per heavy atom. The van der Waals surface area contributed by atoms with Crippen molar-refractivity contribution in [1.82, 2.24) is 10.1 Å². The molecule has 2 heterocycles. The van der Waals surface area contributed by atoms with Crippen LogP contribution in [0.2, 0.25) is 0 Å². The van der Waals surface area contributed by atoms with E-state index in [9.17, 15) is 0 Å². The molecule has 0 amide bonds. The summed E-state index contributed by atoms with van der Waals surface area (Å²) in [7, 11) is 1.62. The summed E-state index contributed by atoms with van der Waals surface area (Å²) < 4.78 is 10.6. The molecule has 0 unspecified atom stereocenters. The van der Waals surface area contributed by atoms with E-state index in [1.807, 2.05) is 19.9 Å². The summed E-state index contributed by atoms with van der Waals surface area (Å²) in [5, 5.41) is 7.41. The van der Waals surface area contributed by atoms with Crippen LogP contribution in [-0.4, -0.2) is 17.3 Å². The SMILES string of the molecule is COc1ncc(-c2c(C)noc2C)cc1NCc1ccc(C)cc1. The minimum absolute atomic E-state index is 0.567. The second-order valence-corrected chi connectivity index (χ2v) is 5.82. The number of aromatic nitrogens is 2. The minimum Gasteiger partial charge on any atom is -0.480 e. The van der Waals surface area contributed by atoms with Gasteiger partial charge in [-0.05, 0) is 32.4 Å². The van der Waals surface area contributed by atoms with E-state index in [1.165, 1.54) is 11.1 Å². The highest BCUT2D eigenvalue weighted by Gasteiger charge is 2.14. The molecule has 3 rings (SSSR count). The molecule has 24 heavy (non-hydrogen) atoms. The Kier molecular flexibility index (Phi) is 4.51. The highest BCUT2D eigenvalue weighted by molar-refractivity contribution is 5.72. The third-order valence-corrected chi connectivity index (χ3v) is 3.97. The largest absolute Gasteiger partial charge is 0.480 e. The lowest BCUT2D eigenvalue weighted by Gasteiger charge is -2.12. The highest BCUT2D eigenvalue weighted by atomic mass is 16.5. The maximum absolute atomic E-state index is 5.37. The van der Waals surface area contributed by atoms with Gasteiger partial charge in [0.15, 0.2) is 0 Å². The molecule has 0 saturated heterocycles. The third-order valence-electron chi connectivity index (χ3n) is 3.97. The van der Waals surface area contributed by atoms with Crippen LogP contribution in [0.5, 0.6) is 5.88 Å². The number of methoxy groups -OCH3 is 1. The number of nitrogens with zero attached hydrogens (tertiary/aromatic N) is 2. The zero-order valence-corrected chi connectivity index (χ0v) is 14.4. The number of pyridine rings is 1. The molecule has 1 N–H and O–H groups in total. The Hall–Kier alpha value is -2.82. The fourth-order valence-electron chi connectivity index (χ4n) is 2.68. The van der Waals surface area contributed by atoms with Crippen LogP contribution in [0, 0.1) is 20.8 Å². The standard InChI is InChI=1S/C19H21N3O2/c1-12-5-7-15(8-6-12)10-20-17-9-16(11-21-19(17)23-4)18-13(2)22-24-14(18)3/h5-9,11,20H,10H2,1-4H3. The van der Waals surface area contributed by atoms with Gasteiger partial charge in [0.2, 0.25) is 5.88 Å². The molecule has 1 aromatic carbocycles. The molecular formula is C19H21N3O2. The summed E-state index contributed by atoms with van der Waals surface area (Å²) >= 11 is 0. The first-order valence-electron chi connectivity index (χ1n) is 7.85. The van der Waals surface area contributed by atoms with Crippen LogP contribution in [0.25, 0.3) is 11.1 Å². The van der Waals surface area contributed by atoms with Crippen molar-refractivity contribution in [3.63, 3.8) is 0 Å². The molecule has 5 nitrogen and oxygen atoms in total. The van der Waals surface area contributed by atoms with E-state index >= 15 is 0 Å². The topological polar surface area (TPSA) is 60.2 Å². The quantitative estimate of drug-likeness (QED) is 0.759. The van der Waals surface area contributed by atoms with Crippen molar-refractivity contribution in [3.05, 3.63) is 59.1 Å². The summed E-state index contributed by atoms with van der Waals surface area (Å²) in [6.45, 7) is 6.61. The average Bonchev–Trinajstić information content (AvgIpc) is 2.93. The summed E-state index contributed by atoms with van der Waals surface area (Å²) in [5.74, 6) is 1.35. The predicted octanol–water partition coefficient (Wildman–Crippen LogP) is 4.28. The Balaban J connectivity index is 1.88. The monoisotopic (exact) mass is 323 g/mol. The number of hydrogen-bond acceptors (Lipinski definition) is 5. The van der Waals surface area contributed by atoms with Crippen molar-refractivity contribution >= 4 is 5.69 Å². The van der Waals surface area contributed by atoms with Crippen molar-refractivity contribution < 1.29 is 9.26 Å². The van der Waals surface area contributed by atoms with Crippen LogP contribution in [0.15, 0.2) is 41.1 Å². The number of hydrogen-bond donors (Lipinski definition) is 1. The molecule has 2 aromatic heterocycles. The van der Waals surface area contributed by atoms with Crippen LogP contribution < -0.4 is 10.1 Å². The fourth-order valence-corrected chi connectivity index (χ4v) is 2.68. The Bertz CT molecular complexity index is 819. The van der Waals surface area contributed by atoms with E-state index in [-0.39, 0.29) is 0 Å². The summed E-state index contributed by atoms with van der Waals surface area (Å²) in [5.41, 5.74) is 6.07. The molecule has 0 saturated carbocycles. The first-order chi connectivity index (χ1) is 11.6. The molecule has 0 aliphatic rings. The Morgan fingerprint density at radius 1 is 1.12 bits per heavy atom. The maximum atomic E-state index is 5.37. The first kappa shape index (κ1) is 16.1. The normalized spacial score (nSPS) is 10.7. The highest BCUT2D eigenvalue weighted by Crippen LogP contribution is 2.32. The third kappa shape index (κ3) is 3.25. The lowest BCUT2D eigenvalue weighted by atomic mass is 10.1. The molecular weight excluding hydrogens is 302 g/mol. The van der Waals surface area contributed by atoms with Crippen LogP contribution >= 0.6 is 0 Å². The number of rotatable bonds is 5. The Morgan fingerprint density at radius 3 is 2.50 bits per heavy atom. The molecule has 0 atom stereocenters. The van der Waals surface area contributed by atoms with Crippen LogP contribution in [0.1, 0.15) is 22.6 Å². The summed E-state index contributed by atoms with van der Waals surface area (Å²) in [6.07, 6.45) is 1.78. The van der Waals surface area contributed by atoms with E-state index in [1.54, 1.807) is 13.3 Å². The van der Waals surface area contributed by atoms with Crippen LogP contribution in [0.3, 0.4) is 0 Å². The van der Waals surface area contributed by atoms with Crippen LogP contribution in [0.4, 0.5) is 5.69 Å². The predicted molar refractivity (Wildman–Crippen MR) is 94.3 cm³/mol. The van der Waals surface area contributed by atoms with Gasteiger partial charge in [-0.15, -0.1) is 0 Å². The van der Waals surface area contributed by atoms with Gasteiger partial charge >= 0.3 is 0 Å². The molecule has 5 heteroatoms. The smallest absolute Gasteiger partial charge is 0.237 e. The summed E-state index contributed by atoms with van der Waals surface area (Å²) in [6, 6.07) is 10.5. The average molecular weight is 323 g/mol. The van der Waals surface area contributed by atoms with Gasteiger partial charge in [-0.2, -0.15) is 0 Å². The van der Waals surface area contributed by atoms with Gasteiger partial charge in [-0.3, -0.25) is 0 Å². The zero-order valence-electron chi connectivity index (χ0n) is 14.4. The van der Waals surface area contributed by atoms with Crippen molar-refractivity contribution in [1.29, 1.82) is 0 Å². The first-order valence-corrected chi connectivity index (χ1v) is 7.85. The van der Waals surface area contributed by atoms with Gasteiger partial charge in [-0.1, -0.05) is 35.0 Å². The second-order valence-electron chi connectivity index (χ2n) is 5.82. The number of nitrogens with one attached hydrogen (secondary N) is 1. The molecule has 3 aromatic rings. The van der Waals surface area contributed by atoms with Gasteiger partial charge in [0, 0.05) is 23.9 Å². The van der Waals surface area contributed by atoms with E-state index < -0.39 is 0 Å². The molecule has 0 bridgehead atoms. The van der Waals surface area contributed by atoms with E-state index in [0.717, 1.165) is 28.3 Å². The number of anilines is 1. The molecule has 0 radical (unpaired) electrons. The van der Waals surface area contributed by atoms with Crippen molar-refractivity contribution in [2.45, 2.75) is 27.3 Å². The number of ether oxygens (including phenoxy) is 1. The minimum atomic E-state index is 0.567. The van der Waals surface area contributed by atoms with E-state index in [0.29, 0.717) is 12.4 Å². The van der Waals surface area contributed by atoms with Gasteiger partial charge in [0.05, 0.1) is 18.5 Å². The number of benzene rings is 1. The van der Waals surface area contributed by atoms with Crippen molar-refractivity contribution in [2.24, 2.45) is 0 Å². The van der Waals surface area contributed by atoms with E-state index in [2.05, 4.69) is 46.6 Å². The molecule has 0 fully saturated rings. The van der Waals surface area contributed by atoms with Gasteiger partial charge in [-0.25, -0.2) is 4.98 Å². The lowest BCUT2D eigenvalue weighted by Crippen LogP contribution is -2.03.